The summed E-state index contributed by atoms with van der Waals surface area (Å²) >= 11 is 0. The zero-order valence-electron chi connectivity index (χ0n) is 15.2. The van der Waals surface area contributed by atoms with Crippen molar-refractivity contribution >= 4 is 5.91 Å². The average Bonchev–Trinajstić information content (AvgIpc) is 3.10. The van der Waals surface area contributed by atoms with Crippen LogP contribution in [0.5, 0.6) is 0 Å². The van der Waals surface area contributed by atoms with E-state index in [0.717, 1.165) is 31.5 Å². The fourth-order valence-electron chi connectivity index (χ4n) is 3.20. The van der Waals surface area contributed by atoms with E-state index in [9.17, 15) is 4.79 Å². The van der Waals surface area contributed by atoms with Crippen LogP contribution >= 0.6 is 0 Å². The van der Waals surface area contributed by atoms with Crippen LogP contribution in [0.2, 0.25) is 0 Å². The number of amides is 1. The van der Waals surface area contributed by atoms with Crippen molar-refractivity contribution in [3.8, 4) is 17.3 Å². The van der Waals surface area contributed by atoms with Gasteiger partial charge in [-0.05, 0) is 38.8 Å². The third-order valence-electron chi connectivity index (χ3n) is 4.78. The highest BCUT2D eigenvalue weighted by atomic mass is 16.2. The van der Waals surface area contributed by atoms with Crippen molar-refractivity contribution < 1.29 is 4.79 Å². The molecule has 7 nitrogen and oxygen atoms in total. The molecule has 136 valence electrons. The van der Waals surface area contributed by atoms with E-state index >= 15 is 0 Å². The van der Waals surface area contributed by atoms with Gasteiger partial charge in [0.2, 0.25) is 5.91 Å². The summed E-state index contributed by atoms with van der Waals surface area (Å²) in [6.45, 7) is 6.61. The molecule has 1 aliphatic rings. The number of rotatable bonds is 5. The second-order valence-corrected chi connectivity index (χ2v) is 6.96. The number of likely N-dealkylation sites (tertiary alicyclic amines) is 1. The summed E-state index contributed by atoms with van der Waals surface area (Å²) in [7, 11) is 0. The maximum Gasteiger partial charge on any atom is 0.242 e. The van der Waals surface area contributed by atoms with Gasteiger partial charge in [0.25, 0.3) is 0 Å². The van der Waals surface area contributed by atoms with Crippen molar-refractivity contribution in [3.05, 3.63) is 36.0 Å². The molecule has 1 fully saturated rings. The van der Waals surface area contributed by atoms with Gasteiger partial charge < -0.3 is 10.2 Å². The molecule has 1 amide bonds. The molecule has 0 atom stereocenters. The quantitative estimate of drug-likeness (QED) is 0.887. The molecule has 0 spiro atoms. The number of hydrogen-bond acceptors (Lipinski definition) is 5. The number of benzene rings is 1. The minimum absolute atomic E-state index is 0.0377. The first-order chi connectivity index (χ1) is 12.5. The molecule has 1 saturated heterocycles. The highest BCUT2D eigenvalue weighted by Gasteiger charge is 2.22. The van der Waals surface area contributed by atoms with Crippen LogP contribution in [-0.4, -0.2) is 51.0 Å². The molecule has 1 aromatic heterocycles. The zero-order chi connectivity index (χ0) is 18.5. The minimum Gasteiger partial charge on any atom is -0.352 e. The summed E-state index contributed by atoms with van der Waals surface area (Å²) in [6, 6.07) is 10.0. The Bertz CT molecular complexity index is 781. The molecule has 0 unspecified atom stereocenters. The van der Waals surface area contributed by atoms with Crippen molar-refractivity contribution in [2.75, 3.05) is 13.1 Å². The van der Waals surface area contributed by atoms with E-state index in [-0.39, 0.29) is 18.5 Å². The van der Waals surface area contributed by atoms with Gasteiger partial charge in [0, 0.05) is 30.7 Å². The lowest BCUT2D eigenvalue weighted by molar-refractivity contribution is -0.122. The van der Waals surface area contributed by atoms with Crippen molar-refractivity contribution in [3.63, 3.8) is 0 Å². The lowest BCUT2D eigenvalue weighted by atomic mass is 10.0. The Hall–Kier alpha value is -2.72. The molecule has 1 aromatic carbocycles. The zero-order valence-corrected chi connectivity index (χ0v) is 15.2. The number of carbonyl (C=O) groups excluding carboxylic acids is 1. The molecule has 2 heterocycles. The van der Waals surface area contributed by atoms with E-state index in [2.05, 4.69) is 40.4 Å². The van der Waals surface area contributed by atoms with E-state index in [1.54, 1.807) is 23.0 Å². The fraction of sp³-hybridized carbons (Fsp3) is 0.474. The van der Waals surface area contributed by atoms with Crippen LogP contribution in [0.4, 0.5) is 0 Å². The van der Waals surface area contributed by atoms with Gasteiger partial charge in [0.05, 0.1) is 17.8 Å². The molecule has 3 rings (SSSR count). The molecule has 0 saturated carbocycles. The molecule has 0 radical (unpaired) electrons. The maximum atomic E-state index is 12.3. The summed E-state index contributed by atoms with van der Waals surface area (Å²) < 4.78 is 1.55. The van der Waals surface area contributed by atoms with Crippen LogP contribution in [0, 0.1) is 11.3 Å². The second kappa shape index (κ2) is 8.11. The highest BCUT2D eigenvalue weighted by Crippen LogP contribution is 2.17. The standard InChI is InChI=1S/C19H24N6O/c1-14(2)24-9-7-17(8-10-24)21-19(26)13-25-12-18(22-23-25)16-5-3-15(11-20)4-6-16/h3-6,12,14,17H,7-10,13H2,1-2H3,(H,21,26). The monoisotopic (exact) mass is 352 g/mol. The maximum absolute atomic E-state index is 12.3. The molecule has 1 aliphatic heterocycles. The predicted octanol–water partition coefficient (Wildman–Crippen LogP) is 1.81. The first kappa shape index (κ1) is 18.1. The molecule has 26 heavy (non-hydrogen) atoms. The molecule has 1 N–H and O–H groups in total. The summed E-state index contributed by atoms with van der Waals surface area (Å²) in [5.41, 5.74) is 2.16. The fourth-order valence-corrected chi connectivity index (χ4v) is 3.20. The molecule has 7 heteroatoms. The number of hydrogen-bond donors (Lipinski definition) is 1. The molecular weight excluding hydrogens is 328 g/mol. The lowest BCUT2D eigenvalue weighted by Crippen LogP contribution is -2.47. The Morgan fingerprint density at radius 3 is 2.62 bits per heavy atom. The third kappa shape index (κ3) is 4.46. The van der Waals surface area contributed by atoms with Crippen molar-refractivity contribution in [2.24, 2.45) is 0 Å². The van der Waals surface area contributed by atoms with Crippen LogP contribution in [0.3, 0.4) is 0 Å². The highest BCUT2D eigenvalue weighted by molar-refractivity contribution is 5.76. The Morgan fingerprint density at radius 2 is 2.00 bits per heavy atom. The van der Waals surface area contributed by atoms with E-state index in [1.165, 1.54) is 0 Å². The third-order valence-corrected chi connectivity index (χ3v) is 4.78. The smallest absolute Gasteiger partial charge is 0.242 e. The number of carbonyl (C=O) groups is 1. The van der Waals surface area contributed by atoms with Crippen molar-refractivity contribution in [1.29, 1.82) is 5.26 Å². The molecule has 0 aliphatic carbocycles. The van der Waals surface area contributed by atoms with Crippen LogP contribution in [-0.2, 0) is 11.3 Å². The summed E-state index contributed by atoms with van der Waals surface area (Å²) in [6.07, 6.45) is 3.72. The SMILES string of the molecule is CC(C)N1CCC(NC(=O)Cn2cc(-c3ccc(C#N)cc3)nn2)CC1. The summed E-state index contributed by atoms with van der Waals surface area (Å²) in [4.78, 5) is 14.7. The van der Waals surface area contributed by atoms with E-state index in [4.69, 9.17) is 5.26 Å². The van der Waals surface area contributed by atoms with E-state index in [0.29, 0.717) is 17.3 Å². The molecular formula is C19H24N6O. The molecule has 2 aromatic rings. The predicted molar refractivity (Wildman–Crippen MR) is 98.0 cm³/mol. The van der Waals surface area contributed by atoms with E-state index in [1.807, 2.05) is 12.1 Å². The average molecular weight is 352 g/mol. The Kier molecular flexibility index (Phi) is 5.64. The number of nitriles is 1. The molecule has 0 bridgehead atoms. The first-order valence-corrected chi connectivity index (χ1v) is 8.99. The number of nitrogens with one attached hydrogen (secondary N) is 1. The van der Waals surface area contributed by atoms with Gasteiger partial charge in [-0.25, -0.2) is 4.68 Å². The van der Waals surface area contributed by atoms with Crippen LogP contribution in [0.25, 0.3) is 11.3 Å². The summed E-state index contributed by atoms with van der Waals surface area (Å²) in [5, 5.41) is 20.1. The Morgan fingerprint density at radius 1 is 1.31 bits per heavy atom. The van der Waals surface area contributed by atoms with Crippen LogP contribution in [0.15, 0.2) is 30.5 Å². The normalized spacial score (nSPS) is 15.8. The van der Waals surface area contributed by atoms with Gasteiger partial charge in [0.1, 0.15) is 12.2 Å². The van der Waals surface area contributed by atoms with Gasteiger partial charge in [-0.1, -0.05) is 17.3 Å². The minimum atomic E-state index is -0.0377. The van der Waals surface area contributed by atoms with Gasteiger partial charge in [0.15, 0.2) is 0 Å². The van der Waals surface area contributed by atoms with Crippen molar-refractivity contribution in [2.45, 2.75) is 45.3 Å². The number of nitrogens with zero attached hydrogens (tertiary/aromatic N) is 5. The van der Waals surface area contributed by atoms with Gasteiger partial charge in [-0.15, -0.1) is 5.10 Å². The van der Waals surface area contributed by atoms with Crippen molar-refractivity contribution in [1.82, 2.24) is 25.2 Å². The van der Waals surface area contributed by atoms with Gasteiger partial charge in [-0.2, -0.15) is 5.26 Å². The van der Waals surface area contributed by atoms with Gasteiger partial charge in [-0.3, -0.25) is 4.79 Å². The first-order valence-electron chi connectivity index (χ1n) is 8.99. The number of aromatic nitrogens is 3. The lowest BCUT2D eigenvalue weighted by Gasteiger charge is -2.34. The Labute approximate surface area is 153 Å². The van der Waals surface area contributed by atoms with Crippen LogP contribution in [0.1, 0.15) is 32.3 Å². The summed E-state index contributed by atoms with van der Waals surface area (Å²) in [5.74, 6) is -0.0377. The Balaban J connectivity index is 1.52. The van der Waals surface area contributed by atoms with Gasteiger partial charge >= 0.3 is 0 Å². The number of piperidine rings is 1. The van der Waals surface area contributed by atoms with E-state index < -0.39 is 0 Å². The second-order valence-electron chi connectivity index (χ2n) is 6.96. The largest absolute Gasteiger partial charge is 0.352 e. The van der Waals surface area contributed by atoms with Crippen LogP contribution < -0.4 is 5.32 Å². The topological polar surface area (TPSA) is 86.8 Å².